The molecule has 2 aromatic rings. The van der Waals surface area contributed by atoms with Gasteiger partial charge in [0.2, 0.25) is 5.91 Å². The van der Waals surface area contributed by atoms with Gasteiger partial charge in [0.15, 0.2) is 5.16 Å². The van der Waals surface area contributed by atoms with Gasteiger partial charge >= 0.3 is 5.97 Å². The molecule has 1 amide bonds. The van der Waals surface area contributed by atoms with Gasteiger partial charge in [0.1, 0.15) is 11.3 Å². The molecule has 122 valence electrons. The number of fused-ring (bicyclic) bond motifs is 1. The fourth-order valence-electron chi connectivity index (χ4n) is 2.47. The van der Waals surface area contributed by atoms with E-state index in [-0.39, 0.29) is 17.6 Å². The third-order valence-corrected chi connectivity index (χ3v) is 5.47. The van der Waals surface area contributed by atoms with Crippen LogP contribution in [0.25, 0.3) is 0 Å². The molecule has 0 radical (unpaired) electrons. The minimum absolute atomic E-state index is 0.183. The number of hydrogen-bond acceptors (Lipinski definition) is 7. The first-order chi connectivity index (χ1) is 11.2. The van der Waals surface area contributed by atoms with E-state index in [0.29, 0.717) is 22.3 Å². The van der Waals surface area contributed by atoms with E-state index >= 15 is 0 Å². The summed E-state index contributed by atoms with van der Waals surface area (Å²) < 4.78 is 5.14. The Bertz CT molecular complexity index is 712. The van der Waals surface area contributed by atoms with Crippen LogP contribution in [0.1, 0.15) is 34.1 Å². The third kappa shape index (κ3) is 3.56. The molecule has 0 spiro atoms. The maximum absolute atomic E-state index is 12.2. The Morgan fingerprint density at radius 2 is 2.35 bits per heavy atom. The van der Waals surface area contributed by atoms with Crippen molar-refractivity contribution in [3.8, 4) is 0 Å². The van der Waals surface area contributed by atoms with E-state index in [0.717, 1.165) is 24.8 Å². The Kier molecular flexibility index (Phi) is 4.97. The highest BCUT2D eigenvalue weighted by atomic mass is 32.2. The molecule has 1 aliphatic rings. The van der Waals surface area contributed by atoms with Crippen LogP contribution in [0.3, 0.4) is 0 Å². The number of carbonyl (C=O) groups is 2. The van der Waals surface area contributed by atoms with Gasteiger partial charge in [-0.25, -0.2) is 9.78 Å². The molecule has 9 heteroatoms. The molecular formula is C14H16N4O3S2. The lowest BCUT2D eigenvalue weighted by atomic mass is 10.1. The molecule has 0 saturated heterocycles. The number of ether oxygens (including phenoxy) is 1. The molecule has 2 aromatic heterocycles. The molecule has 0 bridgehead atoms. The number of nitrogens with one attached hydrogen (secondary N) is 2. The van der Waals surface area contributed by atoms with Crippen LogP contribution in [0.15, 0.2) is 11.5 Å². The second-order valence-electron chi connectivity index (χ2n) is 4.91. The van der Waals surface area contributed by atoms with E-state index in [1.54, 1.807) is 6.92 Å². The first kappa shape index (κ1) is 16.0. The van der Waals surface area contributed by atoms with Gasteiger partial charge in [-0.15, -0.1) is 11.3 Å². The van der Waals surface area contributed by atoms with Gasteiger partial charge in [0, 0.05) is 4.88 Å². The summed E-state index contributed by atoms with van der Waals surface area (Å²) >= 11 is 2.73. The fraction of sp³-hybridized carbons (Fsp3) is 0.429. The van der Waals surface area contributed by atoms with E-state index in [9.17, 15) is 9.59 Å². The Hall–Kier alpha value is -1.87. The summed E-state index contributed by atoms with van der Waals surface area (Å²) in [4.78, 5) is 29.5. The first-order valence-electron chi connectivity index (χ1n) is 7.28. The van der Waals surface area contributed by atoms with Crippen molar-refractivity contribution in [2.24, 2.45) is 0 Å². The summed E-state index contributed by atoms with van der Waals surface area (Å²) in [5.74, 6) is -0.345. The molecule has 0 aliphatic heterocycles. The van der Waals surface area contributed by atoms with E-state index in [1.165, 1.54) is 34.3 Å². The van der Waals surface area contributed by atoms with Crippen LogP contribution in [-0.4, -0.2) is 39.4 Å². The molecule has 7 nitrogen and oxygen atoms in total. The SMILES string of the molecule is CCOC(=O)c1c(NC(=O)CSc2ncn[nH]2)sc2c1CCC2. The number of H-pyrrole nitrogens is 1. The van der Waals surface area contributed by atoms with Gasteiger partial charge in [-0.1, -0.05) is 11.8 Å². The molecule has 0 atom stereocenters. The fourth-order valence-corrected chi connectivity index (χ4v) is 4.34. The van der Waals surface area contributed by atoms with Crippen LogP contribution in [0.2, 0.25) is 0 Å². The monoisotopic (exact) mass is 352 g/mol. The molecule has 23 heavy (non-hydrogen) atoms. The van der Waals surface area contributed by atoms with Crippen molar-refractivity contribution >= 4 is 40.0 Å². The molecule has 2 N–H and O–H groups in total. The summed E-state index contributed by atoms with van der Waals surface area (Å²) in [6, 6.07) is 0. The molecule has 0 saturated carbocycles. The van der Waals surface area contributed by atoms with Crippen LogP contribution < -0.4 is 5.32 Å². The Balaban J connectivity index is 1.71. The van der Waals surface area contributed by atoms with Gasteiger partial charge in [-0.05, 0) is 31.7 Å². The number of hydrogen-bond donors (Lipinski definition) is 2. The van der Waals surface area contributed by atoms with Crippen LogP contribution in [-0.2, 0) is 22.4 Å². The second kappa shape index (κ2) is 7.14. The van der Waals surface area contributed by atoms with Gasteiger partial charge in [0.05, 0.1) is 17.9 Å². The molecule has 2 heterocycles. The summed E-state index contributed by atoms with van der Waals surface area (Å²) in [6.07, 6.45) is 4.25. The van der Waals surface area contributed by atoms with Gasteiger partial charge in [-0.3, -0.25) is 9.89 Å². The number of rotatable bonds is 6. The number of amides is 1. The number of aromatic nitrogens is 3. The van der Waals surface area contributed by atoms with Gasteiger partial charge < -0.3 is 10.1 Å². The predicted octanol–water partition coefficient (Wildman–Crippen LogP) is 2.26. The lowest BCUT2D eigenvalue weighted by Gasteiger charge is -2.07. The Morgan fingerprint density at radius 3 is 3.09 bits per heavy atom. The highest BCUT2D eigenvalue weighted by Gasteiger charge is 2.28. The molecular weight excluding hydrogens is 336 g/mol. The van der Waals surface area contributed by atoms with Crippen molar-refractivity contribution in [2.45, 2.75) is 31.3 Å². The maximum atomic E-state index is 12.2. The summed E-state index contributed by atoms with van der Waals surface area (Å²) in [7, 11) is 0. The molecule has 3 rings (SSSR count). The quantitative estimate of drug-likeness (QED) is 0.611. The van der Waals surface area contributed by atoms with Crippen molar-refractivity contribution < 1.29 is 14.3 Å². The summed E-state index contributed by atoms with van der Waals surface area (Å²) in [5.41, 5.74) is 1.56. The van der Waals surface area contributed by atoms with Crippen LogP contribution in [0.4, 0.5) is 5.00 Å². The number of anilines is 1. The Morgan fingerprint density at radius 1 is 1.48 bits per heavy atom. The van der Waals surface area contributed by atoms with E-state index in [1.807, 2.05) is 0 Å². The number of aryl methyl sites for hydroxylation is 1. The predicted molar refractivity (Wildman–Crippen MR) is 88.0 cm³/mol. The van der Waals surface area contributed by atoms with Crippen molar-refractivity contribution in [3.63, 3.8) is 0 Å². The van der Waals surface area contributed by atoms with Crippen molar-refractivity contribution in [1.82, 2.24) is 15.2 Å². The zero-order chi connectivity index (χ0) is 16.2. The van der Waals surface area contributed by atoms with E-state index in [4.69, 9.17) is 4.74 Å². The normalized spacial score (nSPS) is 12.9. The smallest absolute Gasteiger partial charge is 0.341 e. The van der Waals surface area contributed by atoms with Crippen molar-refractivity contribution in [3.05, 3.63) is 22.3 Å². The highest BCUT2D eigenvalue weighted by molar-refractivity contribution is 7.99. The number of carbonyl (C=O) groups excluding carboxylic acids is 2. The number of nitrogens with zero attached hydrogens (tertiary/aromatic N) is 2. The van der Waals surface area contributed by atoms with Crippen LogP contribution in [0, 0.1) is 0 Å². The minimum Gasteiger partial charge on any atom is -0.462 e. The molecule has 1 aliphatic carbocycles. The lowest BCUT2D eigenvalue weighted by molar-refractivity contribution is -0.113. The number of thioether (sulfide) groups is 1. The summed E-state index contributed by atoms with van der Waals surface area (Å²) in [6.45, 7) is 2.09. The number of thiophene rings is 1. The van der Waals surface area contributed by atoms with E-state index < -0.39 is 0 Å². The van der Waals surface area contributed by atoms with Crippen molar-refractivity contribution in [2.75, 3.05) is 17.7 Å². The maximum Gasteiger partial charge on any atom is 0.341 e. The van der Waals surface area contributed by atoms with Gasteiger partial charge in [-0.2, -0.15) is 5.10 Å². The lowest BCUT2D eigenvalue weighted by Crippen LogP contribution is -2.16. The third-order valence-electron chi connectivity index (χ3n) is 3.39. The van der Waals surface area contributed by atoms with E-state index in [2.05, 4.69) is 20.5 Å². The largest absolute Gasteiger partial charge is 0.462 e. The second-order valence-corrected chi connectivity index (χ2v) is 6.98. The topological polar surface area (TPSA) is 97.0 Å². The highest BCUT2D eigenvalue weighted by Crippen LogP contribution is 2.39. The van der Waals surface area contributed by atoms with Gasteiger partial charge in [0.25, 0.3) is 0 Å². The molecule has 0 aromatic carbocycles. The summed E-state index contributed by atoms with van der Waals surface area (Å²) in [5, 5.41) is 10.4. The zero-order valence-corrected chi connectivity index (χ0v) is 14.2. The average Bonchev–Trinajstić information content (AvgIpc) is 3.22. The number of aromatic amines is 1. The molecule has 0 fully saturated rings. The minimum atomic E-state index is -0.356. The standard InChI is InChI=1S/C14H16N4O3S2/c1-2-21-13(20)11-8-4-3-5-9(8)23-12(11)17-10(19)6-22-14-15-7-16-18-14/h7H,2-6H2,1H3,(H,17,19)(H,15,16,18). The van der Waals surface area contributed by atoms with Crippen LogP contribution in [0.5, 0.6) is 0 Å². The van der Waals surface area contributed by atoms with Crippen molar-refractivity contribution in [1.29, 1.82) is 0 Å². The average molecular weight is 352 g/mol. The Labute approximate surface area is 141 Å². The molecule has 0 unspecified atom stereocenters. The number of esters is 1. The first-order valence-corrected chi connectivity index (χ1v) is 9.09. The zero-order valence-electron chi connectivity index (χ0n) is 12.5. The van der Waals surface area contributed by atoms with Crippen LogP contribution >= 0.6 is 23.1 Å².